The summed E-state index contributed by atoms with van der Waals surface area (Å²) < 4.78 is 32.3. The van der Waals surface area contributed by atoms with Crippen molar-refractivity contribution in [3.05, 3.63) is 29.3 Å². The smallest absolute Gasteiger partial charge is 0.133 e. The highest BCUT2D eigenvalue weighted by Crippen LogP contribution is 2.33. The van der Waals surface area contributed by atoms with Crippen molar-refractivity contribution in [3.63, 3.8) is 0 Å². The first-order chi connectivity index (χ1) is 7.42. The molecule has 0 aliphatic carbocycles. The van der Waals surface area contributed by atoms with Crippen LogP contribution in [0.15, 0.2) is 12.1 Å². The lowest BCUT2D eigenvalue weighted by atomic mass is 9.81. The summed E-state index contributed by atoms with van der Waals surface area (Å²) in [7, 11) is 1.37. The number of halogens is 2. The molecule has 1 aromatic carbocycles. The maximum atomic E-state index is 13.8. The van der Waals surface area contributed by atoms with Gasteiger partial charge in [0.2, 0.25) is 0 Å². The van der Waals surface area contributed by atoms with Crippen molar-refractivity contribution >= 4 is 0 Å². The maximum Gasteiger partial charge on any atom is 0.133 e. The van der Waals surface area contributed by atoms with Gasteiger partial charge in [-0.2, -0.15) is 0 Å². The van der Waals surface area contributed by atoms with E-state index in [0.29, 0.717) is 13.0 Å². The second-order valence-electron chi connectivity index (χ2n) is 4.39. The summed E-state index contributed by atoms with van der Waals surface area (Å²) in [6.07, 6.45) is 0.521. The van der Waals surface area contributed by atoms with Crippen molar-refractivity contribution in [2.45, 2.75) is 25.7 Å². The van der Waals surface area contributed by atoms with Crippen molar-refractivity contribution < 1.29 is 13.5 Å². The second-order valence-corrected chi connectivity index (χ2v) is 4.39. The lowest BCUT2D eigenvalue weighted by Crippen LogP contribution is -2.24. The Bertz CT molecular complexity index is 354. The molecule has 4 heteroatoms. The van der Waals surface area contributed by atoms with Crippen LogP contribution in [0.2, 0.25) is 0 Å². The van der Waals surface area contributed by atoms with E-state index in [-0.39, 0.29) is 11.3 Å². The van der Waals surface area contributed by atoms with Gasteiger partial charge in [-0.1, -0.05) is 13.8 Å². The Morgan fingerprint density at radius 3 is 2.12 bits per heavy atom. The molecule has 16 heavy (non-hydrogen) atoms. The van der Waals surface area contributed by atoms with Crippen LogP contribution in [0.3, 0.4) is 0 Å². The third kappa shape index (κ3) is 2.50. The minimum Gasteiger partial charge on any atom is -0.497 e. The zero-order valence-electron chi connectivity index (χ0n) is 9.81. The molecular weight excluding hydrogens is 212 g/mol. The summed E-state index contributed by atoms with van der Waals surface area (Å²) in [5, 5.41) is 0. The van der Waals surface area contributed by atoms with Gasteiger partial charge in [0.1, 0.15) is 17.4 Å². The first kappa shape index (κ1) is 12.9. The third-order valence-corrected chi connectivity index (χ3v) is 2.70. The van der Waals surface area contributed by atoms with E-state index in [1.807, 2.05) is 0 Å². The van der Waals surface area contributed by atoms with Gasteiger partial charge in [0, 0.05) is 17.7 Å². The van der Waals surface area contributed by atoms with Gasteiger partial charge >= 0.3 is 0 Å². The van der Waals surface area contributed by atoms with E-state index in [4.69, 9.17) is 10.5 Å². The van der Waals surface area contributed by atoms with Crippen LogP contribution in [0.4, 0.5) is 8.78 Å². The van der Waals surface area contributed by atoms with Gasteiger partial charge in [-0.05, 0) is 18.4 Å². The highest BCUT2D eigenvalue weighted by atomic mass is 19.1. The molecule has 0 aliphatic heterocycles. The summed E-state index contributed by atoms with van der Waals surface area (Å²) in [6.45, 7) is 3.93. The first-order valence-electron chi connectivity index (χ1n) is 5.16. The average Bonchev–Trinajstić information content (AvgIpc) is 2.15. The minimum atomic E-state index is -0.616. The molecule has 0 atom stereocenters. The molecule has 0 aliphatic rings. The van der Waals surface area contributed by atoms with Crippen molar-refractivity contribution in [1.82, 2.24) is 0 Å². The van der Waals surface area contributed by atoms with Crippen LogP contribution >= 0.6 is 0 Å². The molecule has 1 rings (SSSR count). The van der Waals surface area contributed by atoms with Crippen LogP contribution in [0.5, 0.6) is 5.75 Å². The SMILES string of the molecule is COc1cc(F)c(C(C)(C)CCN)c(F)c1. The van der Waals surface area contributed by atoms with Crippen molar-refractivity contribution in [1.29, 1.82) is 0 Å². The molecular formula is C12H17F2NO. The fourth-order valence-electron chi connectivity index (χ4n) is 1.80. The summed E-state index contributed by atoms with van der Waals surface area (Å²) in [5.41, 5.74) is 4.89. The number of methoxy groups -OCH3 is 1. The summed E-state index contributed by atoms with van der Waals surface area (Å²) >= 11 is 0. The van der Waals surface area contributed by atoms with Gasteiger partial charge in [-0.3, -0.25) is 0 Å². The minimum absolute atomic E-state index is 0.0683. The van der Waals surface area contributed by atoms with Crippen molar-refractivity contribution in [3.8, 4) is 5.75 Å². The Hall–Kier alpha value is -1.16. The average molecular weight is 229 g/mol. The van der Waals surface area contributed by atoms with E-state index >= 15 is 0 Å². The van der Waals surface area contributed by atoms with Crippen LogP contribution in [-0.4, -0.2) is 13.7 Å². The molecule has 0 unspecified atom stereocenters. The summed E-state index contributed by atoms with van der Waals surface area (Å²) in [6, 6.07) is 2.38. The Kier molecular flexibility index (Phi) is 3.86. The Morgan fingerprint density at radius 2 is 1.75 bits per heavy atom. The van der Waals surface area contributed by atoms with E-state index in [0.717, 1.165) is 0 Å². The molecule has 2 N–H and O–H groups in total. The van der Waals surface area contributed by atoms with E-state index in [2.05, 4.69) is 0 Å². The van der Waals surface area contributed by atoms with Gasteiger partial charge in [0.05, 0.1) is 7.11 Å². The fraction of sp³-hybridized carbons (Fsp3) is 0.500. The van der Waals surface area contributed by atoms with Crippen LogP contribution in [0.25, 0.3) is 0 Å². The summed E-state index contributed by atoms with van der Waals surface area (Å²) in [4.78, 5) is 0. The fourth-order valence-corrected chi connectivity index (χ4v) is 1.80. The predicted octanol–water partition coefficient (Wildman–Crippen LogP) is 2.60. The number of nitrogens with two attached hydrogens (primary N) is 1. The quantitative estimate of drug-likeness (QED) is 0.861. The molecule has 0 spiro atoms. The lowest BCUT2D eigenvalue weighted by Gasteiger charge is -2.25. The van der Waals surface area contributed by atoms with E-state index in [1.165, 1.54) is 19.2 Å². The van der Waals surface area contributed by atoms with Crippen molar-refractivity contribution in [2.24, 2.45) is 5.73 Å². The zero-order chi connectivity index (χ0) is 12.3. The molecule has 1 aromatic rings. The van der Waals surface area contributed by atoms with Gasteiger partial charge < -0.3 is 10.5 Å². The van der Waals surface area contributed by atoms with E-state index in [1.54, 1.807) is 13.8 Å². The topological polar surface area (TPSA) is 35.2 Å². The number of ether oxygens (including phenoxy) is 1. The number of hydrogen-bond acceptors (Lipinski definition) is 2. The largest absolute Gasteiger partial charge is 0.497 e. The standard InChI is InChI=1S/C12H17F2NO/c1-12(2,4-5-15)11-9(13)6-8(16-3)7-10(11)14/h6-7H,4-5,15H2,1-3H3. The maximum absolute atomic E-state index is 13.8. The third-order valence-electron chi connectivity index (χ3n) is 2.70. The highest BCUT2D eigenvalue weighted by Gasteiger charge is 2.27. The number of rotatable bonds is 4. The number of benzene rings is 1. The molecule has 0 amide bonds. The molecule has 90 valence electrons. The molecule has 0 saturated heterocycles. The molecule has 0 radical (unpaired) electrons. The zero-order valence-corrected chi connectivity index (χ0v) is 9.81. The molecule has 2 nitrogen and oxygen atoms in total. The first-order valence-corrected chi connectivity index (χ1v) is 5.16. The molecule has 0 saturated carbocycles. The Labute approximate surface area is 94.4 Å². The molecule has 0 fully saturated rings. The van der Waals surface area contributed by atoms with Crippen LogP contribution in [0.1, 0.15) is 25.8 Å². The van der Waals surface area contributed by atoms with Crippen molar-refractivity contribution in [2.75, 3.05) is 13.7 Å². The Balaban J connectivity index is 3.23. The molecule has 0 heterocycles. The van der Waals surface area contributed by atoms with Gasteiger partial charge in [-0.15, -0.1) is 0 Å². The van der Waals surface area contributed by atoms with Crippen LogP contribution in [0, 0.1) is 11.6 Å². The van der Waals surface area contributed by atoms with Gasteiger partial charge in [0.15, 0.2) is 0 Å². The summed E-state index contributed by atoms with van der Waals surface area (Å²) in [5.74, 6) is -0.993. The van der Waals surface area contributed by atoms with E-state index in [9.17, 15) is 8.78 Å². The predicted molar refractivity (Wildman–Crippen MR) is 59.6 cm³/mol. The second kappa shape index (κ2) is 4.78. The molecule has 0 aromatic heterocycles. The monoisotopic (exact) mass is 229 g/mol. The van der Waals surface area contributed by atoms with Crippen LogP contribution < -0.4 is 10.5 Å². The normalized spacial score (nSPS) is 11.6. The van der Waals surface area contributed by atoms with E-state index < -0.39 is 17.0 Å². The van der Waals surface area contributed by atoms with Gasteiger partial charge in [-0.25, -0.2) is 8.78 Å². The Morgan fingerprint density at radius 1 is 1.25 bits per heavy atom. The lowest BCUT2D eigenvalue weighted by molar-refractivity contribution is 0.391. The van der Waals surface area contributed by atoms with Gasteiger partial charge in [0.25, 0.3) is 0 Å². The number of hydrogen-bond donors (Lipinski definition) is 1. The molecule has 0 bridgehead atoms. The van der Waals surface area contributed by atoms with Crippen LogP contribution in [-0.2, 0) is 5.41 Å². The highest BCUT2D eigenvalue weighted by molar-refractivity contribution is 5.34.